The van der Waals surface area contributed by atoms with Gasteiger partial charge >= 0.3 is 0 Å². The van der Waals surface area contributed by atoms with Gasteiger partial charge < -0.3 is 19.3 Å². The Balaban J connectivity index is 1.39. The van der Waals surface area contributed by atoms with E-state index in [2.05, 4.69) is 61.5 Å². The van der Waals surface area contributed by atoms with E-state index in [-0.39, 0.29) is 5.60 Å². The van der Waals surface area contributed by atoms with Crippen LogP contribution in [0.15, 0.2) is 66.7 Å². The third-order valence-electron chi connectivity index (χ3n) is 10.3. The van der Waals surface area contributed by atoms with E-state index in [1.165, 1.54) is 37.7 Å². The first-order chi connectivity index (χ1) is 20.3. The van der Waals surface area contributed by atoms with Gasteiger partial charge in [0.05, 0.1) is 18.8 Å². The second-order valence-corrected chi connectivity index (χ2v) is 13.5. The minimum absolute atomic E-state index is 0.362. The first kappa shape index (κ1) is 27.6. The molecule has 0 heterocycles. The van der Waals surface area contributed by atoms with Crippen LogP contribution in [-0.2, 0) is 11.2 Å². The van der Waals surface area contributed by atoms with Crippen LogP contribution in [0, 0.1) is 23.7 Å². The van der Waals surface area contributed by atoms with E-state index < -0.39 is 5.60 Å². The summed E-state index contributed by atoms with van der Waals surface area (Å²) >= 11 is 0. The Hall–Kier alpha value is -3.24. The van der Waals surface area contributed by atoms with Gasteiger partial charge in [-0.2, -0.15) is 0 Å². The van der Waals surface area contributed by atoms with Gasteiger partial charge in [0.2, 0.25) is 0 Å². The Morgan fingerprint density at radius 1 is 0.738 bits per heavy atom. The van der Waals surface area contributed by atoms with Crippen molar-refractivity contribution in [1.29, 1.82) is 0 Å². The van der Waals surface area contributed by atoms with Crippen molar-refractivity contribution in [1.82, 2.24) is 0 Å². The van der Waals surface area contributed by atoms with Crippen LogP contribution in [0.3, 0.4) is 0 Å². The molecule has 4 fully saturated rings. The van der Waals surface area contributed by atoms with Crippen molar-refractivity contribution in [2.75, 3.05) is 13.2 Å². The van der Waals surface area contributed by atoms with E-state index in [4.69, 9.17) is 14.2 Å². The fourth-order valence-corrected chi connectivity index (χ4v) is 8.95. The number of ether oxygens (including phenoxy) is 3. The zero-order valence-corrected chi connectivity index (χ0v) is 25.5. The van der Waals surface area contributed by atoms with Gasteiger partial charge in [0, 0.05) is 22.6 Å². The Labute approximate surface area is 250 Å². The molecule has 4 aromatic rings. The maximum Gasteiger partial charge on any atom is 0.140 e. The average molecular weight is 565 g/mol. The molecule has 1 N–H and O–H groups in total. The highest BCUT2D eigenvalue weighted by Gasteiger charge is 2.59. The highest BCUT2D eigenvalue weighted by atomic mass is 16.5. The largest absolute Gasteiger partial charge is 0.494 e. The van der Waals surface area contributed by atoms with Crippen LogP contribution in [-0.4, -0.2) is 18.3 Å². The normalized spacial score (nSPS) is 26.6. The molecule has 0 aliphatic heterocycles. The molecule has 0 spiro atoms. The predicted octanol–water partition coefficient (Wildman–Crippen LogP) is 9.14. The molecule has 4 aliphatic carbocycles. The molecule has 0 atom stereocenters. The summed E-state index contributed by atoms with van der Waals surface area (Å²) in [6.45, 7) is 9.23. The lowest BCUT2D eigenvalue weighted by atomic mass is 9.48. The molecular formula is C38H44O4. The summed E-state index contributed by atoms with van der Waals surface area (Å²) in [5, 5.41) is 15.6. The minimum atomic E-state index is -1.05. The predicted molar refractivity (Wildman–Crippen MR) is 169 cm³/mol. The van der Waals surface area contributed by atoms with Crippen LogP contribution >= 0.6 is 0 Å². The smallest absolute Gasteiger partial charge is 0.140 e. The van der Waals surface area contributed by atoms with Crippen molar-refractivity contribution >= 4 is 21.5 Å². The van der Waals surface area contributed by atoms with E-state index in [1.54, 1.807) is 0 Å². The Bertz CT molecular complexity index is 1570. The van der Waals surface area contributed by atoms with E-state index in [9.17, 15) is 5.11 Å². The first-order valence-corrected chi connectivity index (χ1v) is 16.1. The Morgan fingerprint density at radius 3 is 1.98 bits per heavy atom. The molecule has 8 rings (SSSR count). The molecule has 4 aliphatic rings. The van der Waals surface area contributed by atoms with Crippen molar-refractivity contribution in [3.63, 3.8) is 0 Å². The van der Waals surface area contributed by atoms with Crippen LogP contribution in [0.5, 0.6) is 17.2 Å². The first-order valence-electron chi connectivity index (χ1n) is 16.1. The zero-order valence-electron chi connectivity index (χ0n) is 25.5. The van der Waals surface area contributed by atoms with Crippen LogP contribution in [0.2, 0.25) is 0 Å². The summed E-state index contributed by atoms with van der Waals surface area (Å²) < 4.78 is 19.6. The van der Waals surface area contributed by atoms with E-state index >= 15 is 0 Å². The minimum Gasteiger partial charge on any atom is -0.494 e. The van der Waals surface area contributed by atoms with E-state index in [1.807, 2.05) is 32.9 Å². The van der Waals surface area contributed by atoms with Gasteiger partial charge in [-0.1, -0.05) is 43.3 Å². The number of aliphatic hydroxyl groups is 1. The van der Waals surface area contributed by atoms with Gasteiger partial charge in [0.25, 0.3) is 0 Å². The second kappa shape index (κ2) is 10.5. The molecule has 42 heavy (non-hydrogen) atoms. The van der Waals surface area contributed by atoms with Crippen LogP contribution in [0.4, 0.5) is 0 Å². The lowest BCUT2D eigenvalue weighted by Gasteiger charge is -2.60. The topological polar surface area (TPSA) is 47.9 Å². The second-order valence-electron chi connectivity index (χ2n) is 13.5. The molecule has 0 aromatic heterocycles. The number of hydrogen-bond acceptors (Lipinski definition) is 4. The molecule has 0 amide bonds. The third kappa shape index (κ3) is 4.45. The summed E-state index contributed by atoms with van der Waals surface area (Å²) in [6.07, 6.45) is 7.35. The average Bonchev–Trinajstić information content (AvgIpc) is 2.97. The van der Waals surface area contributed by atoms with Gasteiger partial charge in [-0.15, -0.1) is 0 Å². The lowest BCUT2D eigenvalue weighted by molar-refractivity contribution is -0.162. The van der Waals surface area contributed by atoms with Crippen molar-refractivity contribution < 1.29 is 19.3 Å². The van der Waals surface area contributed by atoms with Gasteiger partial charge in [-0.3, -0.25) is 0 Å². The molecule has 0 unspecified atom stereocenters. The monoisotopic (exact) mass is 564 g/mol. The van der Waals surface area contributed by atoms with Gasteiger partial charge in [0.15, 0.2) is 0 Å². The van der Waals surface area contributed by atoms with Crippen LogP contribution < -0.4 is 14.2 Å². The SMILES string of the molecule is CCCOc1ccc(C2(Oc3ccc4c(OCC)c5ccccc5c(C(C)(C)O)c4c3)C3CC4CC(C3)CC2C4)cc1. The molecule has 0 saturated heterocycles. The highest BCUT2D eigenvalue weighted by Crippen LogP contribution is 2.63. The quantitative estimate of drug-likeness (QED) is 0.206. The molecule has 0 radical (unpaired) electrons. The van der Waals surface area contributed by atoms with Gasteiger partial charge in [0.1, 0.15) is 22.8 Å². The summed E-state index contributed by atoms with van der Waals surface area (Å²) in [5.41, 5.74) is 0.782. The number of rotatable bonds is 9. The number of fused-ring (bicyclic) bond motifs is 2. The molecule has 4 heteroatoms. The lowest BCUT2D eigenvalue weighted by Crippen LogP contribution is -2.58. The maximum absolute atomic E-state index is 11.5. The molecule has 4 bridgehead atoms. The molecule has 4 aromatic carbocycles. The van der Waals surface area contributed by atoms with Crippen molar-refractivity contribution in [3.05, 3.63) is 77.9 Å². The summed E-state index contributed by atoms with van der Waals surface area (Å²) in [5.74, 6) is 5.31. The van der Waals surface area contributed by atoms with Crippen LogP contribution in [0.1, 0.15) is 77.3 Å². The highest BCUT2D eigenvalue weighted by molar-refractivity contribution is 6.09. The fourth-order valence-electron chi connectivity index (χ4n) is 8.95. The molecule has 220 valence electrons. The summed E-state index contributed by atoms with van der Waals surface area (Å²) in [6, 6.07) is 23.5. The van der Waals surface area contributed by atoms with Gasteiger partial charge in [-0.25, -0.2) is 0 Å². The fraction of sp³-hybridized carbons (Fsp3) is 0.474. The van der Waals surface area contributed by atoms with Gasteiger partial charge in [-0.05, 0) is 123 Å². The van der Waals surface area contributed by atoms with E-state index in [0.717, 1.165) is 69.2 Å². The van der Waals surface area contributed by atoms with Crippen molar-refractivity contribution in [3.8, 4) is 17.2 Å². The number of benzene rings is 4. The van der Waals surface area contributed by atoms with E-state index in [0.29, 0.717) is 18.4 Å². The maximum atomic E-state index is 11.5. The molecular weight excluding hydrogens is 520 g/mol. The molecule has 4 nitrogen and oxygen atoms in total. The summed E-state index contributed by atoms with van der Waals surface area (Å²) in [7, 11) is 0. The Morgan fingerprint density at radius 2 is 1.36 bits per heavy atom. The zero-order chi connectivity index (χ0) is 29.1. The van der Waals surface area contributed by atoms with Crippen molar-refractivity contribution in [2.45, 2.75) is 77.4 Å². The number of hydrogen-bond donors (Lipinski definition) is 1. The molecule has 4 saturated carbocycles. The van der Waals surface area contributed by atoms with Crippen LogP contribution in [0.25, 0.3) is 21.5 Å². The summed E-state index contributed by atoms with van der Waals surface area (Å²) in [4.78, 5) is 0. The standard InChI is InChI=1S/C38H44O4/c1-5-17-41-29-13-11-26(12-14-29)38(27-19-24-18-25(21-27)22-28(38)20-24)42-30-15-16-33-34(23-30)35(37(3,4)39)31-9-7-8-10-32(31)36(33)40-6-2/h7-16,23-25,27-28,39H,5-6,17-22H2,1-4H3. The van der Waals surface area contributed by atoms with Crippen molar-refractivity contribution in [2.24, 2.45) is 23.7 Å². The third-order valence-corrected chi connectivity index (χ3v) is 10.3. The Kier molecular flexibility index (Phi) is 6.89.